The monoisotopic (exact) mass is 313 g/mol. The normalized spacial score (nSPS) is 21.4. The predicted octanol–water partition coefficient (Wildman–Crippen LogP) is 2.36. The Hall–Kier alpha value is -2.14. The average molecular weight is 313 g/mol. The summed E-state index contributed by atoms with van der Waals surface area (Å²) in [5.41, 5.74) is 2.24. The molecule has 5 nitrogen and oxygen atoms in total. The van der Waals surface area contributed by atoms with E-state index in [1.165, 1.54) is 0 Å². The Kier molecular flexibility index (Phi) is 5.08. The first-order chi connectivity index (χ1) is 11.2. The molecule has 122 valence electrons. The van der Waals surface area contributed by atoms with Crippen molar-refractivity contribution in [3.8, 4) is 0 Å². The lowest BCUT2D eigenvalue weighted by Gasteiger charge is -2.38. The van der Waals surface area contributed by atoms with E-state index in [2.05, 4.69) is 15.5 Å². The van der Waals surface area contributed by atoms with Crippen LogP contribution in [0.1, 0.15) is 42.9 Å². The van der Waals surface area contributed by atoms with Crippen LogP contribution in [0.25, 0.3) is 0 Å². The molecule has 1 atom stereocenters. The summed E-state index contributed by atoms with van der Waals surface area (Å²) in [6.07, 6.45) is 7.11. The summed E-state index contributed by atoms with van der Waals surface area (Å²) in [7, 11) is 0. The fourth-order valence-corrected chi connectivity index (χ4v) is 3.15. The predicted molar refractivity (Wildman–Crippen MR) is 87.6 cm³/mol. The Labute approximate surface area is 136 Å². The van der Waals surface area contributed by atoms with Crippen LogP contribution < -0.4 is 5.32 Å². The molecule has 3 N–H and O–H groups in total. The smallest absolute Gasteiger partial charge is 0.220 e. The van der Waals surface area contributed by atoms with E-state index in [-0.39, 0.29) is 18.1 Å². The van der Waals surface area contributed by atoms with Crippen molar-refractivity contribution in [2.75, 3.05) is 0 Å². The Morgan fingerprint density at radius 3 is 2.78 bits per heavy atom. The van der Waals surface area contributed by atoms with Crippen LogP contribution in [0, 0.1) is 5.92 Å². The van der Waals surface area contributed by atoms with Crippen molar-refractivity contribution in [2.24, 2.45) is 5.92 Å². The highest BCUT2D eigenvalue weighted by Gasteiger charge is 2.35. The van der Waals surface area contributed by atoms with Gasteiger partial charge in [0.05, 0.1) is 18.3 Å². The molecule has 0 bridgehead atoms. The number of aliphatic hydroxyl groups is 1. The van der Waals surface area contributed by atoms with Crippen LogP contribution in [0.15, 0.2) is 42.7 Å². The topological polar surface area (TPSA) is 78.0 Å². The second-order valence-electron chi connectivity index (χ2n) is 6.30. The lowest BCUT2D eigenvalue weighted by atomic mass is 9.75. The molecule has 1 aliphatic rings. The lowest BCUT2D eigenvalue weighted by Crippen LogP contribution is -2.41. The van der Waals surface area contributed by atoms with Gasteiger partial charge in [0.15, 0.2) is 0 Å². The highest BCUT2D eigenvalue weighted by atomic mass is 16.3. The number of benzene rings is 1. The number of hydrogen-bond acceptors (Lipinski definition) is 3. The Morgan fingerprint density at radius 2 is 2.13 bits per heavy atom. The van der Waals surface area contributed by atoms with Gasteiger partial charge in [-0.15, -0.1) is 0 Å². The molecule has 2 aromatic rings. The first kappa shape index (κ1) is 15.7. The SMILES string of the molecule is O=C(CCCc1cn[nH]c1)NC(c1ccccc1)C1CC(O)C1. The fraction of sp³-hybridized carbons (Fsp3) is 0.444. The summed E-state index contributed by atoms with van der Waals surface area (Å²) in [5.74, 6) is 0.397. The number of aryl methyl sites for hydroxylation is 1. The molecule has 3 rings (SSSR count). The third-order valence-corrected chi connectivity index (χ3v) is 4.52. The molecule has 0 radical (unpaired) electrons. The minimum absolute atomic E-state index is 0.000949. The molecule has 1 amide bonds. The first-order valence-corrected chi connectivity index (χ1v) is 8.22. The summed E-state index contributed by atoms with van der Waals surface area (Å²) >= 11 is 0. The Balaban J connectivity index is 1.54. The van der Waals surface area contributed by atoms with Gasteiger partial charge < -0.3 is 10.4 Å². The largest absolute Gasteiger partial charge is 0.393 e. The number of hydrogen-bond donors (Lipinski definition) is 3. The molecule has 0 aliphatic heterocycles. The van der Waals surface area contributed by atoms with Crippen LogP contribution in [0.3, 0.4) is 0 Å². The number of H-pyrrole nitrogens is 1. The number of rotatable bonds is 7. The molecular formula is C18H23N3O2. The van der Waals surface area contributed by atoms with Crippen LogP contribution in [-0.2, 0) is 11.2 Å². The van der Waals surface area contributed by atoms with Crippen molar-refractivity contribution >= 4 is 5.91 Å². The molecule has 1 heterocycles. The van der Waals surface area contributed by atoms with Gasteiger partial charge in [-0.25, -0.2) is 0 Å². The van der Waals surface area contributed by atoms with Gasteiger partial charge in [-0.05, 0) is 42.7 Å². The van der Waals surface area contributed by atoms with Crippen molar-refractivity contribution < 1.29 is 9.90 Å². The van der Waals surface area contributed by atoms with Gasteiger partial charge in [-0.3, -0.25) is 9.89 Å². The third-order valence-electron chi connectivity index (χ3n) is 4.52. The number of carbonyl (C=O) groups excluding carboxylic acids is 1. The summed E-state index contributed by atoms with van der Waals surface area (Å²) < 4.78 is 0. The minimum atomic E-state index is -0.218. The van der Waals surface area contributed by atoms with E-state index in [4.69, 9.17) is 0 Å². The van der Waals surface area contributed by atoms with Crippen LogP contribution in [0.2, 0.25) is 0 Å². The molecule has 1 saturated carbocycles. The van der Waals surface area contributed by atoms with E-state index in [1.54, 1.807) is 6.20 Å². The van der Waals surface area contributed by atoms with Gasteiger partial charge in [0.1, 0.15) is 0 Å². The van der Waals surface area contributed by atoms with Gasteiger partial charge in [-0.1, -0.05) is 30.3 Å². The maximum absolute atomic E-state index is 12.3. The van der Waals surface area contributed by atoms with E-state index in [0.717, 1.165) is 36.8 Å². The second-order valence-corrected chi connectivity index (χ2v) is 6.30. The van der Waals surface area contributed by atoms with E-state index in [0.29, 0.717) is 12.3 Å². The Morgan fingerprint density at radius 1 is 1.35 bits per heavy atom. The van der Waals surface area contributed by atoms with E-state index < -0.39 is 0 Å². The summed E-state index contributed by atoms with van der Waals surface area (Å²) in [4.78, 5) is 12.3. The molecular weight excluding hydrogens is 290 g/mol. The maximum Gasteiger partial charge on any atom is 0.220 e. The van der Waals surface area contributed by atoms with Crippen molar-refractivity contribution in [1.29, 1.82) is 0 Å². The van der Waals surface area contributed by atoms with Crippen molar-refractivity contribution in [3.05, 3.63) is 53.9 Å². The average Bonchev–Trinajstić information content (AvgIpc) is 3.04. The number of amides is 1. The van der Waals surface area contributed by atoms with E-state index in [9.17, 15) is 9.90 Å². The quantitative estimate of drug-likeness (QED) is 0.734. The molecule has 23 heavy (non-hydrogen) atoms. The van der Waals surface area contributed by atoms with E-state index >= 15 is 0 Å². The first-order valence-electron chi connectivity index (χ1n) is 8.22. The third kappa shape index (κ3) is 4.20. The molecule has 1 fully saturated rings. The molecule has 0 spiro atoms. The van der Waals surface area contributed by atoms with Crippen molar-refractivity contribution in [3.63, 3.8) is 0 Å². The standard InChI is InChI=1S/C18H23N3O2/c22-16-9-15(10-16)18(14-6-2-1-3-7-14)21-17(23)8-4-5-13-11-19-20-12-13/h1-3,6-7,11-12,15-16,18,22H,4-5,8-10H2,(H,19,20)(H,21,23). The highest BCUT2D eigenvalue weighted by Crippen LogP contribution is 2.38. The van der Waals surface area contributed by atoms with Crippen molar-refractivity contribution in [1.82, 2.24) is 15.5 Å². The molecule has 1 aromatic carbocycles. The fourth-order valence-electron chi connectivity index (χ4n) is 3.15. The van der Waals surface area contributed by atoms with Crippen LogP contribution >= 0.6 is 0 Å². The summed E-state index contributed by atoms with van der Waals surface area (Å²) in [5, 5.41) is 19.4. The zero-order chi connectivity index (χ0) is 16.1. The van der Waals surface area contributed by atoms with Gasteiger partial charge in [-0.2, -0.15) is 5.10 Å². The number of nitrogens with one attached hydrogen (secondary N) is 2. The lowest BCUT2D eigenvalue weighted by molar-refractivity contribution is -0.123. The molecule has 0 saturated heterocycles. The number of nitrogens with zero attached hydrogens (tertiary/aromatic N) is 1. The number of aliphatic hydroxyl groups excluding tert-OH is 1. The van der Waals surface area contributed by atoms with Crippen LogP contribution in [0.4, 0.5) is 0 Å². The van der Waals surface area contributed by atoms with Gasteiger partial charge in [0, 0.05) is 12.6 Å². The Bertz CT molecular complexity index is 606. The highest BCUT2D eigenvalue weighted by molar-refractivity contribution is 5.76. The van der Waals surface area contributed by atoms with Gasteiger partial charge in [0.25, 0.3) is 0 Å². The number of aromatic amines is 1. The summed E-state index contributed by atoms with van der Waals surface area (Å²) in [6, 6.07) is 10.0. The number of aromatic nitrogens is 2. The molecule has 1 unspecified atom stereocenters. The second kappa shape index (κ2) is 7.42. The number of carbonyl (C=O) groups is 1. The molecule has 1 aliphatic carbocycles. The summed E-state index contributed by atoms with van der Waals surface area (Å²) in [6.45, 7) is 0. The zero-order valence-electron chi connectivity index (χ0n) is 13.1. The minimum Gasteiger partial charge on any atom is -0.393 e. The molecule has 5 heteroatoms. The van der Waals surface area contributed by atoms with Gasteiger partial charge in [0.2, 0.25) is 5.91 Å². The van der Waals surface area contributed by atoms with Crippen molar-refractivity contribution in [2.45, 2.75) is 44.2 Å². The van der Waals surface area contributed by atoms with E-state index in [1.807, 2.05) is 36.5 Å². The molecule has 1 aromatic heterocycles. The van der Waals surface area contributed by atoms with Gasteiger partial charge >= 0.3 is 0 Å². The maximum atomic E-state index is 12.3. The van der Waals surface area contributed by atoms with Crippen LogP contribution in [0.5, 0.6) is 0 Å². The van der Waals surface area contributed by atoms with Crippen LogP contribution in [-0.4, -0.2) is 27.3 Å². The zero-order valence-corrected chi connectivity index (χ0v) is 13.1.